The second-order valence-corrected chi connectivity index (χ2v) is 2.88. The van der Waals surface area contributed by atoms with Crippen molar-refractivity contribution in [2.75, 3.05) is 0 Å². The van der Waals surface area contributed by atoms with Crippen LogP contribution < -0.4 is 0 Å². The highest BCUT2D eigenvalue weighted by Gasteiger charge is 1.88. The van der Waals surface area contributed by atoms with Gasteiger partial charge in [0.2, 0.25) is 0 Å². The van der Waals surface area contributed by atoms with Gasteiger partial charge in [-0.25, -0.2) is 4.79 Å². The van der Waals surface area contributed by atoms with Crippen molar-refractivity contribution in [3.63, 3.8) is 0 Å². The summed E-state index contributed by atoms with van der Waals surface area (Å²) < 4.78 is 0. The second kappa shape index (κ2) is 7.15. The minimum Gasteiger partial charge on any atom is -0.473 e. The molecule has 1 aromatic carbocycles. The van der Waals surface area contributed by atoms with Crippen molar-refractivity contribution in [1.82, 2.24) is 0 Å². The molecular formula is C10H12O3S. The molecule has 1 aromatic rings. The third-order valence-electron chi connectivity index (χ3n) is 1.52. The molecule has 0 saturated carbocycles. The lowest BCUT2D eigenvalue weighted by Gasteiger charge is -1.93. The molecule has 0 amide bonds. The number of hydrogen-bond acceptors (Lipinski definition) is 2. The Bertz CT molecular complexity index is 289. The van der Waals surface area contributed by atoms with Gasteiger partial charge in [0.25, 0.3) is 0 Å². The lowest BCUT2D eigenvalue weighted by molar-refractivity contribution is 0.112. The van der Waals surface area contributed by atoms with Crippen LogP contribution in [0, 0.1) is 0 Å². The van der Waals surface area contributed by atoms with Crippen LogP contribution in [0.5, 0.6) is 0 Å². The molecule has 0 aliphatic carbocycles. The lowest BCUT2D eigenvalue weighted by Crippen LogP contribution is -1.81. The van der Waals surface area contributed by atoms with E-state index >= 15 is 0 Å². The van der Waals surface area contributed by atoms with Gasteiger partial charge in [-0.3, -0.25) is 4.79 Å². The molecule has 0 heterocycles. The molecule has 0 aliphatic rings. The molecule has 0 aliphatic heterocycles. The first-order valence-corrected chi connectivity index (χ1v) is 4.50. The van der Waals surface area contributed by atoms with Gasteiger partial charge in [-0.15, -0.1) is 0 Å². The van der Waals surface area contributed by atoms with Crippen LogP contribution in [-0.2, 0) is 6.42 Å². The summed E-state index contributed by atoms with van der Waals surface area (Å²) in [6, 6.07) is 7.63. The largest absolute Gasteiger partial charge is 0.473 e. The van der Waals surface area contributed by atoms with Crippen molar-refractivity contribution in [2.45, 2.75) is 13.3 Å². The van der Waals surface area contributed by atoms with E-state index in [9.17, 15) is 4.79 Å². The van der Waals surface area contributed by atoms with Crippen LogP contribution in [0.1, 0.15) is 22.8 Å². The summed E-state index contributed by atoms with van der Waals surface area (Å²) in [4.78, 5) is 19.1. The monoisotopic (exact) mass is 212 g/mol. The lowest BCUT2D eigenvalue weighted by atomic mass is 10.1. The van der Waals surface area contributed by atoms with Crippen LogP contribution in [0.25, 0.3) is 0 Å². The number of carboxylic acid groups (broad SMARTS) is 1. The Morgan fingerprint density at radius 3 is 2.14 bits per heavy atom. The average molecular weight is 212 g/mol. The Hall–Kier alpha value is -1.29. The number of carbonyl (C=O) groups is 2. The standard InChI is InChI=1S/C9H10O.CH2O2S/c1-2-8-3-5-9(7-10)6-4-8;2-1(3)4/h3-7H,2H2,1H3;4H,(H,2,3). The van der Waals surface area contributed by atoms with Crippen molar-refractivity contribution < 1.29 is 14.7 Å². The van der Waals surface area contributed by atoms with Gasteiger partial charge in [-0.05, 0) is 12.0 Å². The zero-order valence-electron chi connectivity index (χ0n) is 7.80. The highest BCUT2D eigenvalue weighted by molar-refractivity contribution is 7.96. The summed E-state index contributed by atoms with van der Waals surface area (Å²) in [5, 5.41) is 6.14. The maximum atomic E-state index is 10.2. The number of carbonyl (C=O) groups excluding carboxylic acids is 1. The number of aldehydes is 1. The fourth-order valence-electron chi connectivity index (χ4n) is 0.832. The summed E-state index contributed by atoms with van der Waals surface area (Å²) in [7, 11) is 0. The molecule has 0 bridgehead atoms. The van der Waals surface area contributed by atoms with Crippen LogP contribution in [0.15, 0.2) is 24.3 Å². The molecule has 1 N–H and O–H groups in total. The molecule has 0 aromatic heterocycles. The van der Waals surface area contributed by atoms with Gasteiger partial charge < -0.3 is 5.11 Å². The fraction of sp³-hybridized carbons (Fsp3) is 0.200. The van der Waals surface area contributed by atoms with Gasteiger partial charge >= 0.3 is 5.30 Å². The van der Waals surface area contributed by atoms with E-state index in [0.717, 1.165) is 18.3 Å². The normalized spacial score (nSPS) is 8.43. The van der Waals surface area contributed by atoms with Crippen LogP contribution in [0.2, 0.25) is 0 Å². The van der Waals surface area contributed by atoms with Gasteiger partial charge in [0.1, 0.15) is 6.29 Å². The molecule has 0 unspecified atom stereocenters. The van der Waals surface area contributed by atoms with Gasteiger partial charge in [0, 0.05) is 5.56 Å². The van der Waals surface area contributed by atoms with Crippen LogP contribution in [0.3, 0.4) is 0 Å². The van der Waals surface area contributed by atoms with E-state index in [2.05, 4.69) is 19.6 Å². The van der Waals surface area contributed by atoms with Crippen molar-refractivity contribution in [3.8, 4) is 0 Å². The summed E-state index contributed by atoms with van der Waals surface area (Å²) in [6.45, 7) is 2.09. The first kappa shape index (κ1) is 12.7. The predicted octanol–water partition coefficient (Wildman–Crippen LogP) is 2.66. The molecular weight excluding hydrogens is 200 g/mol. The molecule has 0 radical (unpaired) electrons. The quantitative estimate of drug-likeness (QED) is 0.585. The first-order valence-electron chi connectivity index (χ1n) is 4.06. The number of aryl methyl sites for hydroxylation is 1. The van der Waals surface area contributed by atoms with Gasteiger partial charge in [0.15, 0.2) is 0 Å². The van der Waals surface area contributed by atoms with E-state index in [0.29, 0.717) is 0 Å². The van der Waals surface area contributed by atoms with E-state index in [1.807, 2.05) is 24.3 Å². The number of rotatable bonds is 2. The zero-order valence-corrected chi connectivity index (χ0v) is 8.70. The average Bonchev–Trinajstić information content (AvgIpc) is 2.17. The molecule has 76 valence electrons. The number of hydrogen-bond donors (Lipinski definition) is 2. The Kier molecular flexibility index (Phi) is 6.49. The molecule has 14 heavy (non-hydrogen) atoms. The van der Waals surface area contributed by atoms with Crippen molar-refractivity contribution in [3.05, 3.63) is 35.4 Å². The zero-order chi connectivity index (χ0) is 11.0. The third kappa shape index (κ3) is 6.25. The highest BCUT2D eigenvalue weighted by atomic mass is 32.1. The number of thiol groups is 1. The summed E-state index contributed by atoms with van der Waals surface area (Å²) >= 11 is 2.88. The molecule has 1 rings (SSSR count). The molecule has 0 spiro atoms. The highest BCUT2D eigenvalue weighted by Crippen LogP contribution is 2.01. The summed E-state index contributed by atoms with van der Waals surface area (Å²) in [5.74, 6) is 0. The number of benzene rings is 1. The Morgan fingerprint density at radius 1 is 1.43 bits per heavy atom. The summed E-state index contributed by atoms with van der Waals surface area (Å²) in [5.41, 5.74) is 2.02. The van der Waals surface area contributed by atoms with Crippen LogP contribution in [-0.4, -0.2) is 16.7 Å². The second-order valence-electron chi connectivity index (χ2n) is 2.50. The van der Waals surface area contributed by atoms with E-state index in [4.69, 9.17) is 9.90 Å². The van der Waals surface area contributed by atoms with Crippen molar-refractivity contribution in [2.24, 2.45) is 0 Å². The van der Waals surface area contributed by atoms with Crippen molar-refractivity contribution >= 4 is 24.2 Å². The molecule has 0 atom stereocenters. The summed E-state index contributed by atoms with van der Waals surface area (Å²) in [6.07, 6.45) is 1.89. The minimum atomic E-state index is -1.14. The Morgan fingerprint density at radius 2 is 1.86 bits per heavy atom. The fourth-order valence-corrected chi connectivity index (χ4v) is 0.832. The van der Waals surface area contributed by atoms with E-state index in [1.54, 1.807) is 0 Å². The van der Waals surface area contributed by atoms with Crippen LogP contribution in [0.4, 0.5) is 4.79 Å². The van der Waals surface area contributed by atoms with Crippen molar-refractivity contribution in [1.29, 1.82) is 0 Å². The smallest absolute Gasteiger partial charge is 0.361 e. The maximum Gasteiger partial charge on any atom is 0.361 e. The van der Waals surface area contributed by atoms with E-state index < -0.39 is 5.30 Å². The minimum absolute atomic E-state index is 0.747. The third-order valence-corrected chi connectivity index (χ3v) is 1.52. The Labute approximate surface area is 88.2 Å². The van der Waals surface area contributed by atoms with E-state index in [-0.39, 0.29) is 0 Å². The SMILES string of the molecule is CCc1ccc(C=O)cc1.O=C(O)S. The molecule has 4 heteroatoms. The van der Waals surface area contributed by atoms with Gasteiger partial charge in [-0.1, -0.05) is 43.8 Å². The predicted molar refractivity (Wildman–Crippen MR) is 58.2 cm³/mol. The van der Waals surface area contributed by atoms with E-state index in [1.165, 1.54) is 5.56 Å². The molecule has 0 saturated heterocycles. The van der Waals surface area contributed by atoms with Gasteiger partial charge in [0.05, 0.1) is 0 Å². The van der Waals surface area contributed by atoms with Crippen LogP contribution >= 0.6 is 12.6 Å². The Balaban J connectivity index is 0.000000364. The first-order chi connectivity index (χ1) is 6.60. The maximum absolute atomic E-state index is 10.2. The molecule has 3 nitrogen and oxygen atoms in total. The molecule has 0 fully saturated rings. The van der Waals surface area contributed by atoms with Gasteiger partial charge in [-0.2, -0.15) is 0 Å². The topological polar surface area (TPSA) is 54.4 Å².